The molecule has 1 rings (SSSR count). The third-order valence-electron chi connectivity index (χ3n) is 3.82. The number of halogens is 3. The highest BCUT2D eigenvalue weighted by molar-refractivity contribution is 5.04. The maximum atomic E-state index is 12.7. The lowest BCUT2D eigenvalue weighted by molar-refractivity contribution is -0.153. The quantitative estimate of drug-likeness (QED) is 0.722. The summed E-state index contributed by atoms with van der Waals surface area (Å²) in [6.45, 7) is 6.60. The number of hydrogen-bond acceptors (Lipinski definition) is 3. The molecule has 0 bridgehead atoms. The summed E-state index contributed by atoms with van der Waals surface area (Å²) in [6.07, 6.45) is -2.27. The second-order valence-corrected chi connectivity index (χ2v) is 6.50. The molecule has 0 spiro atoms. The number of aliphatic hydroxyl groups excluding tert-OH is 1. The molecule has 0 aromatic heterocycles. The van der Waals surface area contributed by atoms with E-state index < -0.39 is 18.3 Å². The Balaban J connectivity index is 2.84. The molecule has 0 heterocycles. The van der Waals surface area contributed by atoms with Gasteiger partial charge in [-0.1, -0.05) is 13.8 Å². The average molecular weight is 296 g/mol. The molecular weight excluding hydrogens is 269 g/mol. The zero-order valence-corrected chi connectivity index (χ0v) is 12.8. The molecule has 1 unspecified atom stereocenters. The highest BCUT2D eigenvalue weighted by atomic mass is 19.4. The molecule has 0 saturated heterocycles. The van der Waals surface area contributed by atoms with E-state index in [9.17, 15) is 18.3 Å². The molecule has 3 nitrogen and oxygen atoms in total. The first-order valence-corrected chi connectivity index (χ1v) is 7.29. The fraction of sp³-hybridized carbons (Fsp3) is 1.00. The Bertz CT molecular complexity index is 303. The minimum atomic E-state index is -4.22. The normalized spacial score (nSPS) is 19.9. The molecule has 0 aliphatic heterocycles. The summed E-state index contributed by atoms with van der Waals surface area (Å²) >= 11 is 0. The summed E-state index contributed by atoms with van der Waals surface area (Å²) in [5.41, 5.74) is -0.621. The summed E-state index contributed by atoms with van der Waals surface area (Å²) in [5, 5.41) is 13.1. The molecular formula is C14H27F3N2O. The first-order valence-electron chi connectivity index (χ1n) is 7.29. The first kappa shape index (κ1) is 17.7. The van der Waals surface area contributed by atoms with E-state index in [-0.39, 0.29) is 31.2 Å². The molecule has 0 radical (unpaired) electrons. The van der Waals surface area contributed by atoms with Gasteiger partial charge in [-0.2, -0.15) is 13.2 Å². The number of nitrogens with zero attached hydrogens (tertiary/aromatic N) is 1. The Labute approximate surface area is 119 Å². The standard InChI is InChI=1S/C14H27F3N2O/c1-10(2)18-13(9-20,12-5-6-12)7-19(11(3)4)8-14(15,16)17/h10-12,18,20H,5-9H2,1-4H3. The van der Waals surface area contributed by atoms with E-state index in [1.54, 1.807) is 13.8 Å². The monoisotopic (exact) mass is 296 g/mol. The van der Waals surface area contributed by atoms with Crippen LogP contribution >= 0.6 is 0 Å². The minimum absolute atomic E-state index is 0.127. The van der Waals surface area contributed by atoms with Gasteiger partial charge in [0.15, 0.2) is 0 Å². The third kappa shape index (κ3) is 5.22. The van der Waals surface area contributed by atoms with Crippen LogP contribution in [-0.4, -0.2) is 53.5 Å². The molecule has 1 saturated carbocycles. The fourth-order valence-corrected chi connectivity index (χ4v) is 2.74. The zero-order chi connectivity index (χ0) is 15.6. The lowest BCUT2D eigenvalue weighted by Crippen LogP contribution is -2.61. The van der Waals surface area contributed by atoms with Crippen molar-refractivity contribution < 1.29 is 18.3 Å². The second kappa shape index (κ2) is 6.62. The zero-order valence-electron chi connectivity index (χ0n) is 12.8. The molecule has 120 valence electrons. The number of rotatable bonds is 8. The summed E-state index contributed by atoms with van der Waals surface area (Å²) in [4.78, 5) is 1.41. The number of nitrogens with one attached hydrogen (secondary N) is 1. The maximum absolute atomic E-state index is 12.7. The van der Waals surface area contributed by atoms with Gasteiger partial charge in [0.2, 0.25) is 0 Å². The third-order valence-corrected chi connectivity index (χ3v) is 3.82. The first-order chi connectivity index (χ1) is 9.09. The average Bonchev–Trinajstić information content (AvgIpc) is 3.08. The molecule has 2 N–H and O–H groups in total. The molecule has 0 amide bonds. The lowest BCUT2D eigenvalue weighted by Gasteiger charge is -2.41. The van der Waals surface area contributed by atoms with Gasteiger partial charge in [-0.15, -0.1) is 0 Å². The van der Waals surface area contributed by atoms with Crippen LogP contribution in [0.4, 0.5) is 13.2 Å². The van der Waals surface area contributed by atoms with Crippen molar-refractivity contribution in [3.8, 4) is 0 Å². The molecule has 0 aromatic carbocycles. The summed E-state index contributed by atoms with van der Waals surface area (Å²) in [7, 11) is 0. The van der Waals surface area contributed by atoms with Crippen LogP contribution in [0.25, 0.3) is 0 Å². The minimum Gasteiger partial charge on any atom is -0.394 e. The Hall–Kier alpha value is -0.330. The topological polar surface area (TPSA) is 35.5 Å². The number of hydrogen-bond donors (Lipinski definition) is 2. The van der Waals surface area contributed by atoms with Crippen molar-refractivity contribution in [3.63, 3.8) is 0 Å². The van der Waals surface area contributed by atoms with Crippen molar-refractivity contribution in [2.24, 2.45) is 5.92 Å². The molecule has 1 atom stereocenters. The molecule has 6 heteroatoms. The predicted octanol–water partition coefficient (Wildman–Crippen LogP) is 2.40. The van der Waals surface area contributed by atoms with Crippen molar-refractivity contribution in [3.05, 3.63) is 0 Å². The van der Waals surface area contributed by atoms with Crippen molar-refractivity contribution >= 4 is 0 Å². The summed E-state index contributed by atoms with van der Waals surface area (Å²) in [6, 6.07) is -0.0853. The van der Waals surface area contributed by atoms with E-state index in [1.807, 2.05) is 13.8 Å². The molecule has 1 aliphatic rings. The van der Waals surface area contributed by atoms with Gasteiger partial charge in [0.05, 0.1) is 18.7 Å². The Kier molecular flexibility index (Phi) is 5.87. The molecule has 1 aliphatic carbocycles. The van der Waals surface area contributed by atoms with Crippen molar-refractivity contribution in [2.75, 3.05) is 19.7 Å². The van der Waals surface area contributed by atoms with Gasteiger partial charge in [0.1, 0.15) is 0 Å². The predicted molar refractivity (Wildman–Crippen MR) is 73.6 cm³/mol. The van der Waals surface area contributed by atoms with Crippen molar-refractivity contribution in [1.82, 2.24) is 10.2 Å². The maximum Gasteiger partial charge on any atom is 0.401 e. The van der Waals surface area contributed by atoms with Crippen molar-refractivity contribution in [2.45, 2.75) is 64.3 Å². The number of alkyl halides is 3. The van der Waals surface area contributed by atoms with Crippen LogP contribution in [0.15, 0.2) is 0 Å². The summed E-state index contributed by atoms with van der Waals surface area (Å²) < 4.78 is 38.1. The van der Waals surface area contributed by atoms with Gasteiger partial charge in [-0.05, 0) is 32.6 Å². The van der Waals surface area contributed by atoms with Gasteiger partial charge in [0.25, 0.3) is 0 Å². The number of aliphatic hydroxyl groups is 1. The fourth-order valence-electron chi connectivity index (χ4n) is 2.74. The Morgan fingerprint density at radius 3 is 2.00 bits per heavy atom. The van der Waals surface area contributed by atoms with E-state index in [1.165, 1.54) is 4.90 Å². The largest absolute Gasteiger partial charge is 0.401 e. The highest BCUT2D eigenvalue weighted by Gasteiger charge is 2.47. The van der Waals surface area contributed by atoms with Crippen molar-refractivity contribution in [1.29, 1.82) is 0 Å². The second-order valence-electron chi connectivity index (χ2n) is 6.50. The Morgan fingerprint density at radius 2 is 1.70 bits per heavy atom. The highest BCUT2D eigenvalue weighted by Crippen LogP contribution is 2.41. The van der Waals surface area contributed by atoms with Gasteiger partial charge in [-0.3, -0.25) is 4.90 Å². The summed E-state index contributed by atoms with van der Waals surface area (Å²) in [5.74, 6) is 0.268. The Morgan fingerprint density at radius 1 is 1.15 bits per heavy atom. The molecule has 1 fully saturated rings. The van der Waals surface area contributed by atoms with Crippen LogP contribution in [0.3, 0.4) is 0 Å². The van der Waals surface area contributed by atoms with E-state index in [0.717, 1.165) is 12.8 Å². The van der Waals surface area contributed by atoms with E-state index in [2.05, 4.69) is 5.32 Å². The smallest absolute Gasteiger partial charge is 0.394 e. The van der Waals surface area contributed by atoms with E-state index in [0.29, 0.717) is 0 Å². The SMILES string of the molecule is CC(C)NC(CO)(CN(CC(F)(F)F)C(C)C)C1CC1. The van der Waals surface area contributed by atoms with E-state index in [4.69, 9.17) is 0 Å². The van der Waals surface area contributed by atoms with E-state index >= 15 is 0 Å². The molecule has 20 heavy (non-hydrogen) atoms. The van der Waals surface area contributed by atoms with Gasteiger partial charge < -0.3 is 10.4 Å². The molecule has 0 aromatic rings. The van der Waals surface area contributed by atoms with Crippen LogP contribution < -0.4 is 5.32 Å². The van der Waals surface area contributed by atoms with Crippen LogP contribution in [0.2, 0.25) is 0 Å². The van der Waals surface area contributed by atoms with Crippen LogP contribution in [-0.2, 0) is 0 Å². The van der Waals surface area contributed by atoms with Gasteiger partial charge >= 0.3 is 6.18 Å². The van der Waals surface area contributed by atoms with Crippen LogP contribution in [0.5, 0.6) is 0 Å². The van der Waals surface area contributed by atoms with Crippen LogP contribution in [0, 0.1) is 5.92 Å². The van der Waals surface area contributed by atoms with Gasteiger partial charge in [0, 0.05) is 18.6 Å². The van der Waals surface area contributed by atoms with Gasteiger partial charge in [-0.25, -0.2) is 0 Å². The lowest BCUT2D eigenvalue weighted by atomic mass is 9.91. The van der Waals surface area contributed by atoms with Crippen LogP contribution in [0.1, 0.15) is 40.5 Å².